The van der Waals surface area contributed by atoms with Gasteiger partial charge in [0.2, 0.25) is 17.1 Å². The first-order chi connectivity index (χ1) is 63.1. The molecule has 0 N–H and O–H groups in total. The fourth-order valence-corrected chi connectivity index (χ4v) is 23.1. The van der Waals surface area contributed by atoms with E-state index in [2.05, 4.69) is 409 Å². The molecule has 0 bridgehead atoms. The number of benzene rings is 11. The van der Waals surface area contributed by atoms with Crippen molar-refractivity contribution in [1.29, 1.82) is 0 Å². The molecule has 23 aromatic rings. The Labute approximate surface area is 773 Å². The molecule has 1 aliphatic rings. The molecule has 0 saturated heterocycles. The summed E-state index contributed by atoms with van der Waals surface area (Å²) in [5.74, 6) is 0. The summed E-state index contributed by atoms with van der Waals surface area (Å²) in [6.45, 7) is 22.1. The molecular weight excluding hydrogens is 1670 g/mol. The number of nitrogens with zero attached hydrogens (tertiary/aromatic N) is 11. The van der Waals surface area contributed by atoms with Crippen LogP contribution in [0.5, 0.6) is 0 Å². The quantitative estimate of drug-likeness (QED) is 0.154. The van der Waals surface area contributed by atoms with E-state index in [-0.39, 0.29) is 5.41 Å². The Hall–Kier alpha value is -14.1. The summed E-state index contributed by atoms with van der Waals surface area (Å²) in [7, 11) is 12.5. The SMILES string of the molecule is Cc1cc(C)c(C)c(-c2c3sccc3cc[n+]2C)c1.Cc1cc2c(cc1-c1c3ccccc3nc[n+]1C)C(C)(C)c1ccccc1-2.Cc1ccc2c(oc3ncccc32)c1-c1c2ccccc2nc[n+]1C.Cc1ccc2c(sc3ccccc32)c1-c1c2ccccc2nc[n+]1C.Cc1ccccc1-c1c2sccc2cc[n+]1C.Cc1ccccc1-c1c2sccc2nc[n+]1C. The van der Waals surface area contributed by atoms with Crippen molar-refractivity contribution in [2.24, 2.45) is 42.3 Å². The highest BCUT2D eigenvalue weighted by molar-refractivity contribution is 7.26. The predicted octanol–water partition coefficient (Wildman–Crippen LogP) is 26.2. The Morgan fingerprint density at radius 3 is 1.37 bits per heavy atom. The first kappa shape index (κ1) is 85.3. The van der Waals surface area contributed by atoms with Gasteiger partial charge in [-0.25, -0.2) is 23.3 Å². The molecule has 24 rings (SSSR count). The van der Waals surface area contributed by atoms with Crippen LogP contribution in [0.1, 0.15) is 69.5 Å². The summed E-state index contributed by atoms with van der Waals surface area (Å²) in [4.78, 5) is 22.5. The van der Waals surface area contributed by atoms with Crippen LogP contribution in [-0.2, 0) is 47.7 Å². The number of fused-ring (bicyclic) bond motifs is 15. The Balaban J connectivity index is 0.000000102. The minimum atomic E-state index is 0.00970. The third-order valence-corrected chi connectivity index (χ3v) is 29.6. The predicted molar refractivity (Wildman–Crippen MR) is 542 cm³/mol. The van der Waals surface area contributed by atoms with Crippen LogP contribution >= 0.6 is 45.3 Å². The number of furan rings is 1. The molecule has 0 atom stereocenters. The minimum Gasteiger partial charge on any atom is -0.437 e. The first-order valence-corrected chi connectivity index (χ1v) is 47.3. The van der Waals surface area contributed by atoms with Gasteiger partial charge in [-0.3, -0.25) is 0 Å². The smallest absolute Gasteiger partial charge is 0.287 e. The Bertz CT molecular complexity index is 8050. The molecule has 16 heteroatoms. The van der Waals surface area contributed by atoms with Crippen LogP contribution in [0.15, 0.2) is 325 Å². The number of thiophene rings is 4. The molecule has 12 nitrogen and oxygen atoms in total. The number of aromatic nitrogens is 11. The maximum atomic E-state index is 6.18. The van der Waals surface area contributed by atoms with E-state index in [1.807, 2.05) is 104 Å². The molecule has 12 heterocycles. The van der Waals surface area contributed by atoms with Crippen LogP contribution in [0.3, 0.4) is 0 Å². The van der Waals surface area contributed by atoms with Crippen LogP contribution in [0.25, 0.3) is 184 Å². The molecule has 130 heavy (non-hydrogen) atoms. The first-order valence-electron chi connectivity index (χ1n) is 43.9. The molecule has 0 unspecified atom stereocenters. The molecular formula is C114H101N11OS4+6. The molecule has 11 aromatic carbocycles. The van der Waals surface area contributed by atoms with E-state index in [0.29, 0.717) is 5.71 Å². The molecule has 0 saturated carbocycles. The number of para-hydroxylation sites is 3. The van der Waals surface area contributed by atoms with Gasteiger partial charge in [-0.1, -0.05) is 177 Å². The zero-order valence-corrected chi connectivity index (χ0v) is 79.3. The number of hydrogen-bond donors (Lipinski definition) is 0. The molecule has 0 aliphatic heterocycles. The standard InChI is InChI=1S/C25H23N2.C22H17N2S.C21H16N3O.C17H18NS.C15H14NS.C14H13N2S/c1-16-13-20-17-9-5-7-11-21(17)25(2,3)22(20)14-19(16)24-18-10-6-8-12-23(18)26-15-27(24)4;1-14-11-12-16-15-7-4-6-10-19(15)25-22(16)20(14)21-17-8-3-5-9-18(17)23-13-24(21)2;1-13-9-10-14-15-7-5-11-22-21(15)25-20(14)18(13)19-16-6-3-4-8-17(16)23-12-24(19)2;1-11-9-12(2)13(3)15(10-11)16-17-14(6-8-19-17)5-7-18(16)4;1-11-5-3-4-6-13(11)14-15-12(8-10-17-15)7-9-16(14)2;1-10-5-3-4-6-11(10)13-14-12(7-8-17-14)15-9-16(13)2/h5-15H,1-4H3;3-13H,1-2H3;3-12H,1-2H3;5-10H,1-4H3;3-10H,1-2H3;3-9H,1-2H3/q6*+1. The summed E-state index contributed by atoms with van der Waals surface area (Å²) in [6, 6.07) is 92.4. The molecule has 636 valence electrons. The highest BCUT2D eigenvalue weighted by Gasteiger charge is 2.37. The highest BCUT2D eigenvalue weighted by atomic mass is 32.1. The van der Waals surface area contributed by atoms with Crippen LogP contribution in [0.2, 0.25) is 0 Å². The van der Waals surface area contributed by atoms with Crippen molar-refractivity contribution >= 4 is 151 Å². The Kier molecular flexibility index (Phi) is 23.3. The Morgan fingerprint density at radius 1 is 0.292 bits per heavy atom. The van der Waals surface area contributed by atoms with E-state index >= 15 is 0 Å². The van der Waals surface area contributed by atoms with Gasteiger partial charge in [-0.2, -0.15) is 9.13 Å². The van der Waals surface area contributed by atoms with Crippen molar-refractivity contribution in [3.05, 3.63) is 377 Å². The summed E-state index contributed by atoms with van der Waals surface area (Å²) < 4.78 is 25.8. The number of hydrogen-bond acceptors (Lipinski definition) is 10. The van der Waals surface area contributed by atoms with Crippen LogP contribution in [-0.4, -0.2) is 24.9 Å². The van der Waals surface area contributed by atoms with Gasteiger partial charge in [-0.15, -0.1) is 45.3 Å². The Morgan fingerprint density at radius 2 is 0.762 bits per heavy atom. The van der Waals surface area contributed by atoms with Gasteiger partial charge in [0, 0.05) is 88.2 Å². The van der Waals surface area contributed by atoms with Crippen molar-refractivity contribution in [2.45, 2.75) is 74.7 Å². The van der Waals surface area contributed by atoms with E-state index in [4.69, 9.17) is 4.42 Å². The average Bonchev–Trinajstić information content (AvgIpc) is 1.57. The van der Waals surface area contributed by atoms with Gasteiger partial charge >= 0.3 is 0 Å². The highest BCUT2D eigenvalue weighted by Crippen LogP contribution is 2.51. The lowest BCUT2D eigenvalue weighted by atomic mass is 9.81. The summed E-state index contributed by atoms with van der Waals surface area (Å²) in [5, 5.41) is 17.4. The lowest BCUT2D eigenvalue weighted by Crippen LogP contribution is -2.32. The molecule has 1 aliphatic carbocycles. The molecule has 12 aromatic heterocycles. The maximum Gasteiger partial charge on any atom is 0.287 e. The second-order valence-corrected chi connectivity index (χ2v) is 38.4. The van der Waals surface area contributed by atoms with Crippen molar-refractivity contribution in [3.63, 3.8) is 0 Å². The van der Waals surface area contributed by atoms with E-state index < -0.39 is 0 Å². The normalized spacial score (nSPS) is 11.9. The molecule has 0 amide bonds. The van der Waals surface area contributed by atoms with Gasteiger partial charge in [0.05, 0.1) is 61.0 Å². The monoisotopic (exact) mass is 1770 g/mol. The summed E-state index contributed by atoms with van der Waals surface area (Å²) >= 11 is 7.26. The van der Waals surface area contributed by atoms with Crippen molar-refractivity contribution in [1.82, 2.24) is 24.9 Å². The van der Waals surface area contributed by atoms with Gasteiger partial charge in [0.25, 0.3) is 25.3 Å². The van der Waals surface area contributed by atoms with Gasteiger partial charge in [0.15, 0.2) is 40.2 Å². The lowest BCUT2D eigenvalue weighted by Gasteiger charge is -2.22. The third kappa shape index (κ3) is 15.7. The van der Waals surface area contributed by atoms with Crippen LogP contribution in [0.4, 0.5) is 0 Å². The molecule has 0 radical (unpaired) electrons. The maximum absolute atomic E-state index is 6.18. The van der Waals surface area contributed by atoms with E-state index in [0.717, 1.165) is 55.1 Å². The summed E-state index contributed by atoms with van der Waals surface area (Å²) in [6.07, 6.45) is 13.6. The summed E-state index contributed by atoms with van der Waals surface area (Å²) in [5.41, 5.74) is 36.8. The van der Waals surface area contributed by atoms with Gasteiger partial charge < -0.3 is 4.42 Å². The zero-order valence-electron chi connectivity index (χ0n) is 76.1. The van der Waals surface area contributed by atoms with Crippen LogP contribution in [0, 0.1) is 55.4 Å². The second-order valence-electron chi connectivity index (χ2n) is 34.6. The third-order valence-electron chi connectivity index (χ3n) is 25.6. The van der Waals surface area contributed by atoms with Crippen LogP contribution < -0.4 is 27.4 Å². The second kappa shape index (κ2) is 35.5. The fraction of sp³-hybridized carbons (Fsp3) is 0.149. The topological polar surface area (TPSA) is 101 Å². The van der Waals surface area contributed by atoms with Crippen molar-refractivity contribution < 1.29 is 31.8 Å². The average molecular weight is 1770 g/mol. The largest absolute Gasteiger partial charge is 0.437 e. The van der Waals surface area contributed by atoms with E-state index in [9.17, 15) is 0 Å². The number of rotatable bonds is 6. The lowest BCUT2D eigenvalue weighted by molar-refractivity contribution is -0.662. The van der Waals surface area contributed by atoms with Gasteiger partial charge in [0.1, 0.15) is 50.9 Å². The van der Waals surface area contributed by atoms with Crippen molar-refractivity contribution in [3.8, 4) is 78.7 Å². The van der Waals surface area contributed by atoms with Crippen molar-refractivity contribution in [2.75, 3.05) is 0 Å². The molecule has 0 spiro atoms. The van der Waals surface area contributed by atoms with E-state index in [1.54, 1.807) is 17.5 Å². The number of aryl methyl sites for hydroxylation is 13. The van der Waals surface area contributed by atoms with Gasteiger partial charge in [-0.05, 0) is 238 Å². The number of pyridine rings is 3. The fourth-order valence-electron chi connectivity index (χ4n) is 18.9. The van der Waals surface area contributed by atoms with E-state index in [1.165, 1.54) is 179 Å². The minimum absolute atomic E-state index is 0.00970. The molecule has 0 fully saturated rings. The zero-order chi connectivity index (χ0) is 89.9.